The van der Waals surface area contributed by atoms with Crippen molar-refractivity contribution < 1.29 is 9.47 Å². The highest BCUT2D eigenvalue weighted by Crippen LogP contribution is 2.33. The SMILES string of the molecule is COc1ccc(-c2cc(=O)[nH]c(=S)n2C[C@H]2CCCN2)c(OC)c1.Cl. The highest BCUT2D eigenvalue weighted by Gasteiger charge is 2.18. The molecule has 2 aromatic rings. The molecule has 8 heteroatoms. The van der Waals surface area contributed by atoms with Crippen molar-refractivity contribution in [1.82, 2.24) is 14.9 Å². The van der Waals surface area contributed by atoms with Gasteiger partial charge in [0.25, 0.3) is 5.56 Å². The molecule has 1 fully saturated rings. The van der Waals surface area contributed by atoms with Gasteiger partial charge in [-0.3, -0.25) is 9.78 Å². The maximum atomic E-state index is 12.0. The van der Waals surface area contributed by atoms with E-state index in [-0.39, 0.29) is 18.0 Å². The van der Waals surface area contributed by atoms with Crippen LogP contribution in [0.4, 0.5) is 0 Å². The topological polar surface area (TPSA) is 68.3 Å². The van der Waals surface area contributed by atoms with Gasteiger partial charge in [-0.2, -0.15) is 0 Å². The Bertz CT molecular complexity index is 844. The molecule has 2 N–H and O–H groups in total. The van der Waals surface area contributed by atoms with E-state index in [2.05, 4.69) is 10.3 Å². The van der Waals surface area contributed by atoms with Gasteiger partial charge in [0.1, 0.15) is 11.5 Å². The van der Waals surface area contributed by atoms with Crippen molar-refractivity contribution in [2.45, 2.75) is 25.4 Å². The fourth-order valence-electron chi connectivity index (χ4n) is 3.07. The zero-order valence-electron chi connectivity index (χ0n) is 14.2. The van der Waals surface area contributed by atoms with E-state index in [1.54, 1.807) is 26.4 Å². The number of hydrogen-bond acceptors (Lipinski definition) is 5. The first kappa shape index (κ1) is 19.5. The van der Waals surface area contributed by atoms with Crippen LogP contribution >= 0.6 is 24.6 Å². The predicted molar refractivity (Wildman–Crippen MR) is 103 cm³/mol. The lowest BCUT2D eigenvalue weighted by atomic mass is 10.1. The van der Waals surface area contributed by atoms with Crippen molar-refractivity contribution in [3.05, 3.63) is 39.4 Å². The van der Waals surface area contributed by atoms with Crippen LogP contribution in [0, 0.1) is 4.77 Å². The molecular formula is C17H22ClN3O3S. The lowest BCUT2D eigenvalue weighted by Gasteiger charge is -2.19. The molecule has 1 aromatic carbocycles. The average Bonchev–Trinajstić information content (AvgIpc) is 3.09. The Morgan fingerprint density at radius 3 is 2.72 bits per heavy atom. The maximum Gasteiger partial charge on any atom is 0.252 e. The Hall–Kier alpha value is -1.83. The molecule has 0 amide bonds. The molecule has 136 valence electrons. The van der Waals surface area contributed by atoms with Gasteiger partial charge in [-0.15, -0.1) is 12.4 Å². The number of benzene rings is 1. The second kappa shape index (κ2) is 8.51. The second-order valence-electron chi connectivity index (χ2n) is 5.79. The quantitative estimate of drug-likeness (QED) is 0.777. The van der Waals surface area contributed by atoms with Crippen molar-refractivity contribution in [2.75, 3.05) is 20.8 Å². The molecule has 0 bridgehead atoms. The van der Waals surface area contributed by atoms with E-state index in [0.717, 1.165) is 30.6 Å². The van der Waals surface area contributed by atoms with Crippen LogP contribution < -0.4 is 20.3 Å². The van der Waals surface area contributed by atoms with Gasteiger partial charge in [-0.1, -0.05) is 0 Å². The highest BCUT2D eigenvalue weighted by atomic mass is 35.5. The molecule has 6 nitrogen and oxygen atoms in total. The largest absolute Gasteiger partial charge is 0.497 e. The van der Waals surface area contributed by atoms with Crippen LogP contribution in [0.15, 0.2) is 29.1 Å². The molecular weight excluding hydrogens is 362 g/mol. The van der Waals surface area contributed by atoms with Gasteiger partial charge in [0.15, 0.2) is 4.77 Å². The van der Waals surface area contributed by atoms with Crippen LogP contribution in [0.25, 0.3) is 11.3 Å². The number of aromatic amines is 1. The summed E-state index contributed by atoms with van der Waals surface area (Å²) in [6.07, 6.45) is 2.25. The van der Waals surface area contributed by atoms with Gasteiger partial charge in [0.05, 0.1) is 19.9 Å². The number of ether oxygens (including phenoxy) is 2. The van der Waals surface area contributed by atoms with Crippen LogP contribution in [0.5, 0.6) is 11.5 Å². The normalized spacial score (nSPS) is 16.3. The van der Waals surface area contributed by atoms with Gasteiger partial charge < -0.3 is 19.4 Å². The summed E-state index contributed by atoms with van der Waals surface area (Å²) < 4.78 is 13.1. The highest BCUT2D eigenvalue weighted by molar-refractivity contribution is 7.71. The number of H-pyrrole nitrogens is 1. The molecule has 1 aliphatic rings. The minimum atomic E-state index is -0.219. The van der Waals surface area contributed by atoms with Crippen LogP contribution in [0.3, 0.4) is 0 Å². The number of hydrogen-bond donors (Lipinski definition) is 2. The summed E-state index contributed by atoms with van der Waals surface area (Å²) >= 11 is 5.40. The molecule has 0 radical (unpaired) electrons. The van der Waals surface area contributed by atoms with Gasteiger partial charge in [0.2, 0.25) is 0 Å². The number of nitrogens with zero attached hydrogens (tertiary/aromatic N) is 1. The third-order valence-corrected chi connectivity index (χ3v) is 4.61. The summed E-state index contributed by atoms with van der Waals surface area (Å²) in [5.74, 6) is 1.34. The van der Waals surface area contributed by atoms with E-state index in [1.165, 1.54) is 0 Å². The maximum absolute atomic E-state index is 12.0. The summed E-state index contributed by atoms with van der Waals surface area (Å²) in [5.41, 5.74) is 1.34. The van der Waals surface area contributed by atoms with Crippen LogP contribution in [-0.2, 0) is 6.54 Å². The lowest BCUT2D eigenvalue weighted by molar-refractivity contribution is 0.395. The molecule has 1 saturated heterocycles. The fourth-order valence-corrected chi connectivity index (χ4v) is 3.34. The number of methoxy groups -OCH3 is 2. The standard InChI is InChI=1S/C17H21N3O3S.ClH/c1-22-12-5-6-13(15(8-12)23-2)14-9-16(21)19-17(24)20(14)10-11-4-3-7-18-11;/h5-6,8-9,11,18H,3-4,7,10H2,1-2H3,(H,19,21,24);1H/t11-;/m1./s1. The molecule has 1 aliphatic heterocycles. The molecule has 2 heterocycles. The van der Waals surface area contributed by atoms with Gasteiger partial charge in [-0.25, -0.2) is 0 Å². The van der Waals surface area contributed by atoms with Gasteiger partial charge >= 0.3 is 0 Å². The Morgan fingerprint density at radius 2 is 2.08 bits per heavy atom. The van der Waals surface area contributed by atoms with Crippen LogP contribution in [0.1, 0.15) is 12.8 Å². The zero-order valence-corrected chi connectivity index (χ0v) is 15.8. The molecule has 0 saturated carbocycles. The minimum Gasteiger partial charge on any atom is -0.497 e. The van der Waals surface area contributed by atoms with Gasteiger partial charge in [0, 0.05) is 30.3 Å². The number of halogens is 1. The van der Waals surface area contributed by atoms with E-state index >= 15 is 0 Å². The number of rotatable bonds is 5. The van der Waals surface area contributed by atoms with Crippen molar-refractivity contribution in [3.63, 3.8) is 0 Å². The summed E-state index contributed by atoms with van der Waals surface area (Å²) in [5, 5.41) is 3.46. The number of nitrogens with one attached hydrogen (secondary N) is 2. The van der Waals surface area contributed by atoms with E-state index in [1.807, 2.05) is 16.7 Å². The summed E-state index contributed by atoms with van der Waals surface area (Å²) in [7, 11) is 3.21. The first-order valence-electron chi connectivity index (χ1n) is 7.92. The van der Waals surface area contributed by atoms with E-state index < -0.39 is 0 Å². The number of aromatic nitrogens is 2. The Balaban J connectivity index is 0.00000225. The molecule has 25 heavy (non-hydrogen) atoms. The van der Waals surface area contributed by atoms with E-state index in [9.17, 15) is 4.79 Å². The van der Waals surface area contributed by atoms with Crippen molar-refractivity contribution in [2.24, 2.45) is 0 Å². The summed E-state index contributed by atoms with van der Waals surface area (Å²) in [4.78, 5) is 14.7. The first-order chi connectivity index (χ1) is 11.6. The van der Waals surface area contributed by atoms with Crippen molar-refractivity contribution in [3.8, 4) is 22.8 Å². The van der Waals surface area contributed by atoms with Crippen LogP contribution in [-0.4, -0.2) is 36.4 Å². The molecule has 0 spiro atoms. The first-order valence-corrected chi connectivity index (χ1v) is 8.33. The zero-order chi connectivity index (χ0) is 17.1. The lowest BCUT2D eigenvalue weighted by Crippen LogP contribution is -2.29. The fraction of sp³-hybridized carbons (Fsp3) is 0.412. The Kier molecular flexibility index (Phi) is 6.64. The smallest absolute Gasteiger partial charge is 0.252 e. The third kappa shape index (κ3) is 4.23. The van der Waals surface area contributed by atoms with Crippen molar-refractivity contribution >= 4 is 24.6 Å². The van der Waals surface area contributed by atoms with E-state index in [0.29, 0.717) is 28.9 Å². The van der Waals surface area contributed by atoms with E-state index in [4.69, 9.17) is 21.7 Å². The van der Waals surface area contributed by atoms with Crippen molar-refractivity contribution in [1.29, 1.82) is 0 Å². The third-order valence-electron chi connectivity index (χ3n) is 4.28. The molecule has 1 atom stereocenters. The average molecular weight is 384 g/mol. The predicted octanol–water partition coefficient (Wildman–Crippen LogP) is 2.76. The Labute approximate surface area is 157 Å². The molecule has 1 aromatic heterocycles. The van der Waals surface area contributed by atoms with Gasteiger partial charge in [-0.05, 0) is 43.7 Å². The monoisotopic (exact) mass is 383 g/mol. The second-order valence-corrected chi connectivity index (χ2v) is 6.18. The van der Waals surface area contributed by atoms with Crippen LogP contribution in [0.2, 0.25) is 0 Å². The summed E-state index contributed by atoms with van der Waals surface area (Å²) in [6, 6.07) is 7.46. The molecule has 0 unspecified atom stereocenters. The minimum absolute atomic E-state index is 0. The Morgan fingerprint density at radius 1 is 1.28 bits per heavy atom. The molecule has 3 rings (SSSR count). The molecule has 0 aliphatic carbocycles. The summed E-state index contributed by atoms with van der Waals surface area (Å²) in [6.45, 7) is 1.72.